The summed E-state index contributed by atoms with van der Waals surface area (Å²) in [6.07, 6.45) is 0. The fraction of sp³-hybridized carbons (Fsp3) is 0.333. The fourth-order valence-corrected chi connectivity index (χ4v) is 4.48. The molecule has 0 spiro atoms. The minimum absolute atomic E-state index is 0.173. The minimum Gasteiger partial charge on any atom is -0.496 e. The van der Waals surface area contributed by atoms with E-state index in [2.05, 4.69) is 38.3 Å². The zero-order valence-corrected chi connectivity index (χ0v) is 21.5. The molecule has 0 bridgehead atoms. The number of likely N-dealkylation sites (N-methyl/N-ethyl adjacent to an activating group) is 1. The molecule has 0 aliphatic rings. The smallest absolute Gasteiger partial charge is 0.251 e. The van der Waals surface area contributed by atoms with Crippen LogP contribution in [0.5, 0.6) is 5.75 Å². The van der Waals surface area contributed by atoms with Crippen LogP contribution in [-0.4, -0.2) is 32.0 Å². The molecule has 2 amide bonds. The molecule has 0 aliphatic heterocycles. The van der Waals surface area contributed by atoms with Crippen LogP contribution in [0.4, 0.5) is 0 Å². The first-order chi connectivity index (χ1) is 16.8. The molecular weight excluding hydrogens is 436 g/mol. The average Bonchev–Trinajstić information content (AvgIpc) is 2.88. The van der Waals surface area contributed by atoms with E-state index < -0.39 is 6.04 Å². The molecule has 0 fully saturated rings. The molecule has 3 aromatic rings. The van der Waals surface area contributed by atoms with Gasteiger partial charge in [0.1, 0.15) is 11.8 Å². The van der Waals surface area contributed by atoms with Crippen molar-refractivity contribution in [3.63, 3.8) is 0 Å². The van der Waals surface area contributed by atoms with Gasteiger partial charge in [-0.2, -0.15) is 0 Å². The van der Waals surface area contributed by atoms with Crippen LogP contribution in [0, 0.1) is 0 Å². The third kappa shape index (κ3) is 5.91. The Kier molecular flexibility index (Phi) is 8.69. The number of carbonyl (C=O) groups excluding carboxylic acids is 2. The number of carbonyl (C=O) groups is 2. The highest BCUT2D eigenvalue weighted by atomic mass is 16.5. The Labute approximate surface area is 208 Å². The van der Waals surface area contributed by atoms with E-state index in [4.69, 9.17) is 4.74 Å². The Balaban J connectivity index is 2.09. The highest BCUT2D eigenvalue weighted by Gasteiger charge is 2.32. The summed E-state index contributed by atoms with van der Waals surface area (Å²) in [5, 5.41) is 5.80. The van der Waals surface area contributed by atoms with E-state index >= 15 is 0 Å². The van der Waals surface area contributed by atoms with Crippen molar-refractivity contribution in [2.24, 2.45) is 0 Å². The Morgan fingerprint density at radius 1 is 0.771 bits per heavy atom. The first kappa shape index (κ1) is 26.0. The molecule has 0 unspecified atom stereocenters. The Hall–Kier alpha value is -3.60. The summed E-state index contributed by atoms with van der Waals surface area (Å²) in [5.41, 5.74) is 4.37. The summed E-state index contributed by atoms with van der Waals surface area (Å²) in [4.78, 5) is 26.8. The van der Waals surface area contributed by atoms with Crippen LogP contribution in [-0.2, 0) is 4.79 Å². The lowest BCUT2D eigenvalue weighted by molar-refractivity contribution is -0.122. The highest BCUT2D eigenvalue weighted by Crippen LogP contribution is 2.36. The molecule has 3 rings (SSSR count). The van der Waals surface area contributed by atoms with Gasteiger partial charge in [-0.1, -0.05) is 88.4 Å². The number of amides is 2. The third-order valence-corrected chi connectivity index (χ3v) is 6.32. The van der Waals surface area contributed by atoms with Gasteiger partial charge < -0.3 is 15.4 Å². The van der Waals surface area contributed by atoms with Crippen LogP contribution < -0.4 is 15.4 Å². The molecule has 2 N–H and O–H groups in total. The van der Waals surface area contributed by atoms with Gasteiger partial charge in [-0.05, 0) is 46.2 Å². The quantitative estimate of drug-likeness (QED) is 0.425. The summed E-state index contributed by atoms with van der Waals surface area (Å²) in [6, 6.07) is 22.6. The Morgan fingerprint density at radius 3 is 1.60 bits per heavy atom. The summed E-state index contributed by atoms with van der Waals surface area (Å²) in [5.74, 6) is 0.270. The molecular formula is C30H36N2O3. The maximum Gasteiger partial charge on any atom is 0.251 e. The number of benzene rings is 3. The lowest BCUT2D eigenvalue weighted by Crippen LogP contribution is -2.49. The molecule has 5 nitrogen and oxygen atoms in total. The monoisotopic (exact) mass is 472 g/mol. The van der Waals surface area contributed by atoms with Gasteiger partial charge in [0, 0.05) is 18.5 Å². The average molecular weight is 473 g/mol. The molecule has 0 aliphatic carbocycles. The van der Waals surface area contributed by atoms with E-state index in [-0.39, 0.29) is 29.6 Å². The van der Waals surface area contributed by atoms with E-state index in [0.717, 1.165) is 28.0 Å². The molecule has 0 aromatic heterocycles. The fourth-order valence-electron chi connectivity index (χ4n) is 4.48. The SMILES string of the molecule is CNC(=O)[C@@H](NC(=O)c1cc(C(C)C)c(OC)c(C(C)C)c1)C(c1ccccc1)c1ccccc1. The Bertz CT molecular complexity index is 1070. The molecule has 184 valence electrons. The summed E-state index contributed by atoms with van der Waals surface area (Å²) in [6.45, 7) is 8.32. The van der Waals surface area contributed by atoms with Gasteiger partial charge in [-0.3, -0.25) is 9.59 Å². The zero-order chi connectivity index (χ0) is 25.5. The van der Waals surface area contributed by atoms with Crippen LogP contribution in [0.15, 0.2) is 72.8 Å². The van der Waals surface area contributed by atoms with Crippen molar-refractivity contribution in [2.45, 2.75) is 51.5 Å². The lowest BCUT2D eigenvalue weighted by atomic mass is 9.84. The molecule has 0 saturated carbocycles. The van der Waals surface area contributed by atoms with Gasteiger partial charge in [-0.15, -0.1) is 0 Å². The van der Waals surface area contributed by atoms with Crippen LogP contribution in [0.1, 0.15) is 78.1 Å². The zero-order valence-electron chi connectivity index (χ0n) is 21.5. The van der Waals surface area contributed by atoms with Crippen molar-refractivity contribution >= 4 is 11.8 Å². The molecule has 0 radical (unpaired) electrons. The van der Waals surface area contributed by atoms with Crippen molar-refractivity contribution in [2.75, 3.05) is 14.2 Å². The number of methoxy groups -OCH3 is 1. The minimum atomic E-state index is -0.801. The maximum absolute atomic E-state index is 13.7. The molecule has 0 heterocycles. The van der Waals surface area contributed by atoms with E-state index in [1.807, 2.05) is 72.8 Å². The first-order valence-corrected chi connectivity index (χ1v) is 12.1. The van der Waals surface area contributed by atoms with E-state index in [1.54, 1.807) is 14.2 Å². The molecule has 0 saturated heterocycles. The van der Waals surface area contributed by atoms with Gasteiger partial charge in [0.05, 0.1) is 7.11 Å². The standard InChI is InChI=1S/C30H36N2O3/c1-19(2)24-17-23(18-25(20(3)4)28(24)35-6)29(33)32-27(30(34)31-5)26(21-13-9-7-10-14-21)22-15-11-8-12-16-22/h7-20,26-27H,1-6H3,(H,31,34)(H,32,33)/t27-/m0/s1. The molecule has 5 heteroatoms. The van der Waals surface area contributed by atoms with Gasteiger partial charge in [-0.25, -0.2) is 0 Å². The van der Waals surface area contributed by atoms with Crippen LogP contribution in [0.25, 0.3) is 0 Å². The molecule has 3 aromatic carbocycles. The summed E-state index contributed by atoms with van der Waals surface area (Å²) < 4.78 is 5.73. The van der Waals surface area contributed by atoms with Crippen molar-refractivity contribution in [3.05, 3.63) is 101 Å². The normalized spacial score (nSPS) is 12.0. The predicted molar refractivity (Wildman–Crippen MR) is 141 cm³/mol. The van der Waals surface area contributed by atoms with Crippen molar-refractivity contribution in [3.8, 4) is 5.75 Å². The summed E-state index contributed by atoms with van der Waals surface area (Å²) in [7, 11) is 3.26. The summed E-state index contributed by atoms with van der Waals surface area (Å²) >= 11 is 0. The second-order valence-electron chi connectivity index (χ2n) is 9.36. The topological polar surface area (TPSA) is 67.4 Å². The highest BCUT2D eigenvalue weighted by molar-refractivity contribution is 5.98. The predicted octanol–water partition coefficient (Wildman–Crippen LogP) is 5.62. The van der Waals surface area contributed by atoms with E-state index in [1.165, 1.54) is 0 Å². The molecule has 35 heavy (non-hydrogen) atoms. The van der Waals surface area contributed by atoms with Crippen molar-refractivity contribution < 1.29 is 14.3 Å². The third-order valence-electron chi connectivity index (χ3n) is 6.32. The largest absolute Gasteiger partial charge is 0.496 e. The van der Waals surface area contributed by atoms with Crippen molar-refractivity contribution in [1.82, 2.24) is 10.6 Å². The van der Waals surface area contributed by atoms with Crippen LogP contribution >= 0.6 is 0 Å². The van der Waals surface area contributed by atoms with Gasteiger partial charge in [0.2, 0.25) is 5.91 Å². The second kappa shape index (κ2) is 11.7. The van der Waals surface area contributed by atoms with Gasteiger partial charge in [0.15, 0.2) is 0 Å². The number of ether oxygens (including phenoxy) is 1. The molecule has 1 atom stereocenters. The van der Waals surface area contributed by atoms with Crippen molar-refractivity contribution in [1.29, 1.82) is 0 Å². The number of hydrogen-bond acceptors (Lipinski definition) is 3. The maximum atomic E-state index is 13.7. The number of rotatable bonds is 9. The number of nitrogens with one attached hydrogen (secondary N) is 2. The second-order valence-corrected chi connectivity index (χ2v) is 9.36. The van der Waals surface area contributed by atoms with Crippen LogP contribution in [0.3, 0.4) is 0 Å². The van der Waals surface area contributed by atoms with Gasteiger partial charge in [0.25, 0.3) is 5.91 Å². The first-order valence-electron chi connectivity index (χ1n) is 12.1. The lowest BCUT2D eigenvalue weighted by Gasteiger charge is -2.28. The van der Waals surface area contributed by atoms with Gasteiger partial charge >= 0.3 is 0 Å². The Morgan fingerprint density at radius 2 is 1.23 bits per heavy atom. The van der Waals surface area contributed by atoms with E-state index in [0.29, 0.717) is 5.56 Å². The van der Waals surface area contributed by atoms with Crippen LogP contribution in [0.2, 0.25) is 0 Å². The van der Waals surface area contributed by atoms with E-state index in [9.17, 15) is 9.59 Å². The number of hydrogen-bond donors (Lipinski definition) is 2.